The summed E-state index contributed by atoms with van der Waals surface area (Å²) in [5.74, 6) is 0.927. The number of hydrogen-bond donors (Lipinski definition) is 3. The van der Waals surface area contributed by atoms with Gasteiger partial charge in [-0.25, -0.2) is 9.97 Å². The van der Waals surface area contributed by atoms with Crippen molar-refractivity contribution in [2.75, 3.05) is 18.4 Å². The van der Waals surface area contributed by atoms with Gasteiger partial charge in [0.25, 0.3) is 0 Å². The zero-order chi connectivity index (χ0) is 20.8. The van der Waals surface area contributed by atoms with Crippen LogP contribution < -0.4 is 10.6 Å². The maximum Gasteiger partial charge on any atom is 0.151 e. The van der Waals surface area contributed by atoms with Crippen LogP contribution in [0.15, 0.2) is 60.9 Å². The Bertz CT molecular complexity index is 1200. The highest BCUT2D eigenvalue weighted by Gasteiger charge is 2.11. The molecule has 0 atom stereocenters. The molecule has 2 aromatic carbocycles. The Morgan fingerprint density at radius 2 is 1.93 bits per heavy atom. The van der Waals surface area contributed by atoms with E-state index in [2.05, 4.69) is 57.0 Å². The Morgan fingerprint density at radius 1 is 1.03 bits per heavy atom. The third-order valence-corrected chi connectivity index (χ3v) is 5.82. The Labute approximate surface area is 178 Å². The van der Waals surface area contributed by atoms with Gasteiger partial charge in [0.2, 0.25) is 0 Å². The number of aromatic nitrogens is 2. The molecular weight excluding hydrogens is 394 g/mol. The highest BCUT2D eigenvalue weighted by Crippen LogP contribution is 2.37. The van der Waals surface area contributed by atoms with Gasteiger partial charge in [-0.3, -0.25) is 0 Å². The predicted octanol–water partition coefficient (Wildman–Crippen LogP) is 4.85. The number of nitriles is 1. The van der Waals surface area contributed by atoms with Crippen LogP contribution in [0.4, 0.5) is 11.5 Å². The second kappa shape index (κ2) is 9.35. The van der Waals surface area contributed by atoms with Gasteiger partial charge >= 0.3 is 0 Å². The molecule has 4 rings (SSSR count). The number of benzene rings is 2. The zero-order valence-corrected chi connectivity index (χ0v) is 17.1. The molecule has 30 heavy (non-hydrogen) atoms. The molecule has 0 aliphatic carbocycles. The van der Waals surface area contributed by atoms with E-state index in [-0.39, 0.29) is 5.75 Å². The molecule has 0 spiro atoms. The minimum absolute atomic E-state index is 0.205. The summed E-state index contributed by atoms with van der Waals surface area (Å²) < 4.78 is 0.972. The lowest BCUT2D eigenvalue weighted by molar-refractivity contribution is 0.475. The molecule has 2 aromatic heterocycles. The van der Waals surface area contributed by atoms with E-state index in [1.54, 1.807) is 35.9 Å². The maximum atomic E-state index is 9.70. The van der Waals surface area contributed by atoms with Gasteiger partial charge in [0.1, 0.15) is 12.1 Å². The van der Waals surface area contributed by atoms with Gasteiger partial charge < -0.3 is 15.7 Å². The summed E-state index contributed by atoms with van der Waals surface area (Å²) in [5, 5.41) is 24.9. The topological polar surface area (TPSA) is 93.9 Å². The highest BCUT2D eigenvalue weighted by molar-refractivity contribution is 7.22. The minimum atomic E-state index is 0.205. The third-order valence-electron chi connectivity index (χ3n) is 4.64. The van der Waals surface area contributed by atoms with Gasteiger partial charge in [-0.05, 0) is 42.3 Å². The van der Waals surface area contributed by atoms with Crippen molar-refractivity contribution in [1.82, 2.24) is 15.3 Å². The van der Waals surface area contributed by atoms with Gasteiger partial charge in [0.05, 0.1) is 16.3 Å². The van der Waals surface area contributed by atoms with Gasteiger partial charge in [0, 0.05) is 29.6 Å². The molecule has 3 N–H and O–H groups in total. The molecule has 0 aliphatic rings. The number of phenols is 1. The van der Waals surface area contributed by atoms with Crippen LogP contribution in [0, 0.1) is 11.3 Å². The van der Waals surface area contributed by atoms with Crippen molar-refractivity contribution in [2.24, 2.45) is 0 Å². The second-order valence-electron chi connectivity index (χ2n) is 6.83. The summed E-state index contributed by atoms with van der Waals surface area (Å²) >= 11 is 1.64. The first-order valence-corrected chi connectivity index (χ1v) is 10.5. The molecule has 0 radical (unpaired) electrons. The SMILES string of the molecule is N#CCCNCCc1cccc(-c2cc3ncnc(Nc4cccc(O)c4)c3s2)c1. The van der Waals surface area contributed by atoms with Crippen molar-refractivity contribution >= 4 is 33.1 Å². The van der Waals surface area contributed by atoms with Gasteiger partial charge in [-0.2, -0.15) is 5.26 Å². The van der Waals surface area contributed by atoms with Crippen LogP contribution in [0.5, 0.6) is 5.75 Å². The Morgan fingerprint density at radius 3 is 2.80 bits per heavy atom. The molecule has 150 valence electrons. The lowest BCUT2D eigenvalue weighted by Gasteiger charge is -2.06. The summed E-state index contributed by atoms with van der Waals surface area (Å²) in [6.45, 7) is 1.57. The first-order valence-electron chi connectivity index (χ1n) is 9.70. The van der Waals surface area contributed by atoms with Gasteiger partial charge in [-0.1, -0.05) is 30.3 Å². The summed E-state index contributed by atoms with van der Waals surface area (Å²) in [6.07, 6.45) is 2.99. The van der Waals surface area contributed by atoms with Gasteiger partial charge in [-0.15, -0.1) is 11.3 Å². The first-order chi connectivity index (χ1) is 14.7. The van der Waals surface area contributed by atoms with Crippen LogP contribution in [0.25, 0.3) is 20.7 Å². The van der Waals surface area contributed by atoms with E-state index >= 15 is 0 Å². The van der Waals surface area contributed by atoms with Crippen molar-refractivity contribution in [2.45, 2.75) is 12.8 Å². The van der Waals surface area contributed by atoms with E-state index in [1.807, 2.05) is 6.07 Å². The molecule has 0 bridgehead atoms. The van der Waals surface area contributed by atoms with Crippen LogP contribution >= 0.6 is 11.3 Å². The fraction of sp³-hybridized carbons (Fsp3) is 0.174. The van der Waals surface area contributed by atoms with Crippen molar-refractivity contribution in [1.29, 1.82) is 5.26 Å². The lowest BCUT2D eigenvalue weighted by Crippen LogP contribution is -2.18. The standard InChI is InChI=1S/C23H21N5OS/c24-9-3-10-25-11-8-16-4-1-5-17(12-16)21-14-20-22(30-21)23(27-15-26-20)28-18-6-2-7-19(29)13-18/h1-2,4-7,12-15,25,29H,3,8,10-11H2,(H,26,27,28). The second-order valence-corrected chi connectivity index (χ2v) is 7.88. The summed E-state index contributed by atoms with van der Waals surface area (Å²) in [7, 11) is 0. The zero-order valence-electron chi connectivity index (χ0n) is 16.3. The summed E-state index contributed by atoms with van der Waals surface area (Å²) in [6, 6.07) is 19.7. The Hall–Kier alpha value is -3.47. The highest BCUT2D eigenvalue weighted by atomic mass is 32.1. The largest absolute Gasteiger partial charge is 0.508 e. The number of thiophene rings is 1. The average Bonchev–Trinajstić information content (AvgIpc) is 3.19. The molecule has 0 saturated carbocycles. The van der Waals surface area contributed by atoms with E-state index < -0.39 is 0 Å². The predicted molar refractivity (Wildman–Crippen MR) is 121 cm³/mol. The van der Waals surface area contributed by atoms with E-state index in [0.29, 0.717) is 6.42 Å². The lowest BCUT2D eigenvalue weighted by atomic mass is 10.1. The van der Waals surface area contributed by atoms with E-state index in [4.69, 9.17) is 5.26 Å². The molecular formula is C23H21N5OS. The number of fused-ring (bicyclic) bond motifs is 1. The number of nitrogens with one attached hydrogen (secondary N) is 2. The smallest absolute Gasteiger partial charge is 0.151 e. The first kappa shape index (κ1) is 19.8. The number of nitrogens with zero attached hydrogens (tertiary/aromatic N) is 3. The number of hydrogen-bond acceptors (Lipinski definition) is 7. The van der Waals surface area contributed by atoms with Crippen molar-refractivity contribution < 1.29 is 5.11 Å². The molecule has 4 aromatic rings. The van der Waals surface area contributed by atoms with Crippen LogP contribution in [-0.4, -0.2) is 28.2 Å². The Balaban J connectivity index is 1.55. The summed E-state index contributed by atoms with van der Waals surface area (Å²) in [4.78, 5) is 9.95. The fourth-order valence-electron chi connectivity index (χ4n) is 3.19. The molecule has 6 nitrogen and oxygen atoms in total. The van der Waals surface area contributed by atoms with Crippen LogP contribution in [0.2, 0.25) is 0 Å². The van der Waals surface area contributed by atoms with Crippen LogP contribution in [0.3, 0.4) is 0 Å². The van der Waals surface area contributed by atoms with Crippen molar-refractivity contribution in [3.63, 3.8) is 0 Å². The quantitative estimate of drug-likeness (QED) is 0.356. The normalized spacial score (nSPS) is 10.8. The number of anilines is 2. The molecule has 0 saturated heterocycles. The van der Waals surface area contributed by atoms with Crippen molar-refractivity contribution in [3.05, 3.63) is 66.5 Å². The third kappa shape index (κ3) is 4.74. The maximum absolute atomic E-state index is 9.70. The minimum Gasteiger partial charge on any atom is -0.508 e. The number of rotatable bonds is 8. The van der Waals surface area contributed by atoms with Gasteiger partial charge in [0.15, 0.2) is 5.82 Å². The fourth-order valence-corrected chi connectivity index (χ4v) is 4.24. The molecule has 0 unspecified atom stereocenters. The monoisotopic (exact) mass is 415 g/mol. The van der Waals surface area contributed by atoms with E-state index in [1.165, 1.54) is 5.56 Å². The average molecular weight is 416 g/mol. The number of phenolic OH excluding ortho intramolecular Hbond substituents is 1. The Kier molecular flexibility index (Phi) is 6.18. The van der Waals surface area contributed by atoms with E-state index in [9.17, 15) is 5.11 Å². The summed E-state index contributed by atoms with van der Waals surface area (Å²) in [5.41, 5.74) is 4.06. The van der Waals surface area contributed by atoms with Crippen LogP contribution in [-0.2, 0) is 6.42 Å². The molecule has 0 fully saturated rings. The number of aromatic hydroxyl groups is 1. The van der Waals surface area contributed by atoms with Crippen molar-refractivity contribution in [3.8, 4) is 22.3 Å². The molecule has 2 heterocycles. The molecule has 0 aliphatic heterocycles. The van der Waals surface area contributed by atoms with E-state index in [0.717, 1.165) is 51.7 Å². The molecule has 7 heteroatoms. The molecule has 0 amide bonds. The van der Waals surface area contributed by atoms with Crippen LogP contribution in [0.1, 0.15) is 12.0 Å².